The number of β-lactam (4-membered cyclic amide) rings is 1. The molecule has 0 bridgehead atoms. The number of nitro groups is 2. The molecule has 2 aromatic carbocycles. The molecule has 2 aliphatic rings. The number of alkyl carbamates (subject to hydrolysis) is 1. The molecule has 2 aliphatic heterocycles. The van der Waals surface area contributed by atoms with Gasteiger partial charge in [0, 0.05) is 49.7 Å². The Bertz CT molecular complexity index is 2090. The minimum absolute atomic E-state index is 0.0194. The molecule has 0 radical (unpaired) electrons. The number of nitrogens with zero attached hydrogens (tertiary/aromatic N) is 5. The van der Waals surface area contributed by atoms with Crippen LogP contribution in [0.2, 0.25) is 0 Å². The largest absolute Gasteiger partial charge is 0.456 e. The molecule has 16 nitrogen and oxygen atoms in total. The van der Waals surface area contributed by atoms with Crippen LogP contribution in [0.3, 0.4) is 0 Å². The lowest BCUT2D eigenvalue weighted by molar-refractivity contribution is -0.735. The third-order valence-corrected chi connectivity index (χ3v) is 11.2. The second-order valence-corrected chi connectivity index (χ2v) is 14.2. The van der Waals surface area contributed by atoms with Crippen LogP contribution in [0.15, 0.2) is 65.5 Å². The van der Waals surface area contributed by atoms with Gasteiger partial charge in [-0.15, -0.1) is 0 Å². The van der Waals surface area contributed by atoms with Crippen molar-refractivity contribution in [2.24, 2.45) is 5.92 Å². The summed E-state index contributed by atoms with van der Waals surface area (Å²) in [5.74, 6) is -0.755. The Morgan fingerprint density at radius 3 is 2.21 bits per heavy atom. The molecule has 0 saturated carbocycles. The summed E-state index contributed by atoms with van der Waals surface area (Å²) in [5, 5.41) is 35.9. The number of nitrogens with one attached hydrogen (secondary N) is 1. The van der Waals surface area contributed by atoms with Crippen molar-refractivity contribution in [2.75, 3.05) is 12.8 Å². The van der Waals surface area contributed by atoms with E-state index >= 15 is 0 Å². The van der Waals surface area contributed by atoms with E-state index in [1.807, 2.05) is 23.8 Å². The summed E-state index contributed by atoms with van der Waals surface area (Å²) in [6.07, 6.45) is 3.39. The maximum atomic E-state index is 13.6. The van der Waals surface area contributed by atoms with E-state index in [9.17, 15) is 39.7 Å². The van der Waals surface area contributed by atoms with Crippen LogP contribution in [0.25, 0.3) is 10.4 Å². The Morgan fingerprint density at radius 1 is 1.06 bits per heavy atom. The Kier molecular flexibility index (Phi) is 10.6. The van der Waals surface area contributed by atoms with E-state index in [2.05, 4.69) is 9.88 Å². The fraction of sp³-hybridized carbons (Fsp3) is 0.353. The topological polar surface area (TPSA) is 200 Å². The summed E-state index contributed by atoms with van der Waals surface area (Å²) in [6.45, 7) is 4.31. The van der Waals surface area contributed by atoms with Gasteiger partial charge in [-0.3, -0.25) is 25.0 Å². The van der Waals surface area contributed by atoms with Gasteiger partial charge >= 0.3 is 12.1 Å². The molecule has 272 valence electrons. The van der Waals surface area contributed by atoms with Crippen molar-refractivity contribution in [3.63, 3.8) is 0 Å². The highest BCUT2D eigenvalue weighted by atomic mass is 32.2. The second-order valence-electron chi connectivity index (χ2n) is 12.3. The highest BCUT2D eigenvalue weighted by molar-refractivity contribution is 7.98. The zero-order valence-electron chi connectivity index (χ0n) is 28.3. The highest BCUT2D eigenvalue weighted by Gasteiger charge is 2.57. The molecule has 2 N–H and O–H groups in total. The predicted octanol–water partition coefficient (Wildman–Crippen LogP) is 4.52. The van der Waals surface area contributed by atoms with Gasteiger partial charge in [-0.1, -0.05) is 23.1 Å². The van der Waals surface area contributed by atoms with Gasteiger partial charge < -0.3 is 24.8 Å². The smallest absolute Gasteiger partial charge is 0.407 e. The van der Waals surface area contributed by atoms with Crippen LogP contribution in [0.5, 0.6) is 0 Å². The second kappa shape index (κ2) is 15.1. The standard InChI is InChI=1S/C34H34N6O10S2/c1-19(41)28-26-15-25(29(38(26)30(28)42)33(43)49-17-21-5-9-23(10-6-21)39(45)46)27-16-37-20(2)36(31(51-3)32(37)52-27)14-4-13-35-34(44)50-18-22-7-11-24(12-8-22)40(47)48/h5-12,16,19,26,28,41H,4,13-15,17-18H2,1-3H3/p+1/t19-,26-,28-/m1/s1. The number of imidazole rings is 1. The van der Waals surface area contributed by atoms with E-state index < -0.39 is 33.9 Å². The normalized spacial score (nSPS) is 17.2. The summed E-state index contributed by atoms with van der Waals surface area (Å²) in [7, 11) is 0. The lowest BCUT2D eigenvalue weighted by atomic mass is 9.83. The first-order chi connectivity index (χ1) is 24.9. The molecule has 3 atom stereocenters. The average molecular weight is 752 g/mol. The van der Waals surface area contributed by atoms with Crippen LogP contribution in [-0.4, -0.2) is 67.2 Å². The molecule has 1 fully saturated rings. The number of aliphatic hydroxyl groups excluding tert-OH is 1. The Balaban J connectivity index is 1.15. The Morgan fingerprint density at radius 2 is 1.65 bits per heavy atom. The van der Waals surface area contributed by atoms with Crippen molar-refractivity contribution in [1.29, 1.82) is 0 Å². The maximum Gasteiger partial charge on any atom is 0.407 e. The van der Waals surface area contributed by atoms with Gasteiger partial charge in [-0.2, -0.15) is 4.40 Å². The average Bonchev–Trinajstić information content (AvgIpc) is 3.77. The van der Waals surface area contributed by atoms with Gasteiger partial charge in [0.1, 0.15) is 25.1 Å². The molecule has 2 amide bonds. The summed E-state index contributed by atoms with van der Waals surface area (Å²) < 4.78 is 15.0. The third kappa shape index (κ3) is 7.08. The van der Waals surface area contributed by atoms with E-state index in [1.165, 1.54) is 64.8 Å². The number of fused-ring (bicyclic) bond motifs is 2. The number of aliphatic hydroxyl groups is 1. The monoisotopic (exact) mass is 751 g/mol. The number of amides is 2. The summed E-state index contributed by atoms with van der Waals surface area (Å²) in [6, 6.07) is 11.1. The van der Waals surface area contributed by atoms with Gasteiger partial charge in [0.15, 0.2) is 0 Å². The zero-order valence-corrected chi connectivity index (χ0v) is 30.0. The number of carbonyl (C=O) groups excluding carboxylic acids is 3. The molecule has 6 rings (SSSR count). The van der Waals surface area contributed by atoms with E-state index in [-0.39, 0.29) is 42.2 Å². The fourth-order valence-corrected chi connectivity index (χ4v) is 8.73. The highest BCUT2D eigenvalue weighted by Crippen LogP contribution is 2.49. The number of non-ortho nitro benzene ring substituents is 2. The molecule has 52 heavy (non-hydrogen) atoms. The Hall–Kier alpha value is -5.33. The number of hydrogen-bond acceptors (Lipinski definition) is 12. The molecule has 0 spiro atoms. The van der Waals surface area contributed by atoms with Gasteiger partial charge in [0.25, 0.3) is 17.2 Å². The van der Waals surface area contributed by atoms with Crippen molar-refractivity contribution >= 4 is 62.8 Å². The van der Waals surface area contributed by atoms with Gasteiger partial charge in [0.05, 0.1) is 39.3 Å². The van der Waals surface area contributed by atoms with Crippen molar-refractivity contribution in [3.8, 4) is 0 Å². The molecule has 2 aromatic heterocycles. The zero-order chi connectivity index (χ0) is 37.3. The molecule has 0 unspecified atom stereocenters. The quantitative estimate of drug-likeness (QED) is 0.0349. The molecule has 18 heteroatoms. The van der Waals surface area contributed by atoms with Crippen LogP contribution in [-0.2, 0) is 38.8 Å². The first kappa shape index (κ1) is 36.5. The van der Waals surface area contributed by atoms with E-state index in [0.29, 0.717) is 42.6 Å². The van der Waals surface area contributed by atoms with Crippen molar-refractivity contribution < 1.29 is 43.4 Å². The molecule has 1 saturated heterocycles. The van der Waals surface area contributed by atoms with Gasteiger partial charge in [-0.25, -0.2) is 14.2 Å². The van der Waals surface area contributed by atoms with Crippen LogP contribution in [0, 0.1) is 33.1 Å². The lowest BCUT2D eigenvalue weighted by Crippen LogP contribution is -2.61. The Labute approximate surface area is 304 Å². The minimum atomic E-state index is -0.889. The number of aromatic nitrogens is 2. The molecular formula is C34H35N6O10S2+. The van der Waals surface area contributed by atoms with Crippen molar-refractivity contribution in [1.82, 2.24) is 14.6 Å². The number of carbonyl (C=O) groups is 3. The number of aryl methyl sites for hydroxylation is 1. The molecule has 4 heterocycles. The number of rotatable bonds is 14. The SMILES string of the molecule is CSc1c2sc(C3=C(C(=O)OCc4ccc([N+](=O)[O-])cc4)N4C(=O)[C@H]([C@@H](C)O)[C@H]4C3)cn2c(C)[n+]1CCCNC(=O)OCc1ccc([N+](=O)[O-])cc1. The molecular weight excluding hydrogens is 717 g/mol. The number of esters is 1. The minimum Gasteiger partial charge on any atom is -0.456 e. The van der Waals surface area contributed by atoms with Crippen molar-refractivity contribution in [2.45, 2.75) is 63.6 Å². The fourth-order valence-electron chi connectivity index (χ4n) is 6.49. The molecule has 4 aromatic rings. The van der Waals surface area contributed by atoms with Gasteiger partial charge in [-0.05, 0) is 55.0 Å². The van der Waals surface area contributed by atoms with E-state index in [1.54, 1.807) is 18.7 Å². The summed E-state index contributed by atoms with van der Waals surface area (Å²) in [5.41, 5.74) is 1.85. The van der Waals surface area contributed by atoms with Crippen LogP contribution in [0.4, 0.5) is 16.2 Å². The first-order valence-corrected chi connectivity index (χ1v) is 18.3. The number of hydrogen-bond donors (Lipinski definition) is 2. The number of thioether (sulfide) groups is 1. The number of benzene rings is 2. The number of ether oxygens (including phenoxy) is 2. The lowest BCUT2D eigenvalue weighted by Gasteiger charge is -2.44. The van der Waals surface area contributed by atoms with Crippen LogP contribution < -0.4 is 9.88 Å². The maximum absolute atomic E-state index is 13.6. The van der Waals surface area contributed by atoms with Gasteiger partial charge in [0.2, 0.25) is 15.8 Å². The van der Waals surface area contributed by atoms with Crippen LogP contribution in [0.1, 0.15) is 41.6 Å². The number of thiazole rings is 1. The van der Waals surface area contributed by atoms with E-state index in [4.69, 9.17) is 9.47 Å². The van der Waals surface area contributed by atoms with Crippen molar-refractivity contribution in [3.05, 3.63) is 102 Å². The summed E-state index contributed by atoms with van der Waals surface area (Å²) in [4.78, 5) is 63.0. The molecule has 0 aliphatic carbocycles. The van der Waals surface area contributed by atoms with Crippen LogP contribution >= 0.6 is 23.1 Å². The number of nitro benzene ring substituents is 2. The predicted molar refractivity (Wildman–Crippen MR) is 188 cm³/mol. The van der Waals surface area contributed by atoms with E-state index in [0.717, 1.165) is 20.6 Å². The third-order valence-electron chi connectivity index (χ3n) is 9.11. The first-order valence-electron chi connectivity index (χ1n) is 16.3. The summed E-state index contributed by atoms with van der Waals surface area (Å²) >= 11 is 3.04.